The molecule has 148 valence electrons. The number of H-pyrrole nitrogens is 2. The highest BCUT2D eigenvalue weighted by Gasteiger charge is 2.09. The van der Waals surface area contributed by atoms with Crippen LogP contribution in [0.3, 0.4) is 0 Å². The molecule has 0 fully saturated rings. The number of aromatic amines is 2. The van der Waals surface area contributed by atoms with Gasteiger partial charge in [0, 0.05) is 29.2 Å². The highest BCUT2D eigenvalue weighted by molar-refractivity contribution is 7.99. The van der Waals surface area contributed by atoms with Crippen LogP contribution in [0.15, 0.2) is 59.9 Å². The lowest BCUT2D eigenvalue weighted by Gasteiger charge is -2.03. The predicted molar refractivity (Wildman–Crippen MR) is 117 cm³/mol. The topological polar surface area (TPSA) is 86.5 Å². The molecule has 0 unspecified atom stereocenters. The lowest BCUT2D eigenvalue weighted by atomic mass is 10.1. The monoisotopic (exact) mass is 405 g/mol. The van der Waals surface area contributed by atoms with Gasteiger partial charge < -0.3 is 10.3 Å². The van der Waals surface area contributed by atoms with Gasteiger partial charge in [-0.3, -0.25) is 9.89 Å². The van der Waals surface area contributed by atoms with Crippen molar-refractivity contribution in [2.24, 2.45) is 0 Å². The molecule has 0 saturated heterocycles. The standard InChI is InChI=1S/C22H23N5OS/c1-2-15-7-9-16(10-8-15)21-25-22(27-26-21)29-14-20(28)23-12-11-17-13-24-19-6-4-3-5-18(17)19/h3-10,13,24H,2,11-12,14H2,1H3,(H,23,28)(H,25,26,27). The maximum atomic E-state index is 12.2. The third-order valence-electron chi connectivity index (χ3n) is 4.82. The van der Waals surface area contributed by atoms with Crippen molar-refractivity contribution in [2.45, 2.75) is 24.9 Å². The summed E-state index contributed by atoms with van der Waals surface area (Å²) in [6.07, 6.45) is 3.81. The van der Waals surface area contributed by atoms with Gasteiger partial charge in [-0.2, -0.15) is 0 Å². The van der Waals surface area contributed by atoms with Crippen LogP contribution in [0.4, 0.5) is 0 Å². The third-order valence-corrected chi connectivity index (χ3v) is 5.67. The molecule has 0 aliphatic rings. The molecule has 29 heavy (non-hydrogen) atoms. The molecular weight excluding hydrogens is 382 g/mol. The minimum absolute atomic E-state index is 0.0199. The minimum Gasteiger partial charge on any atom is -0.361 e. The zero-order valence-corrected chi connectivity index (χ0v) is 17.1. The first-order valence-electron chi connectivity index (χ1n) is 9.69. The maximum Gasteiger partial charge on any atom is 0.230 e. The van der Waals surface area contributed by atoms with E-state index in [0.717, 1.165) is 29.7 Å². The van der Waals surface area contributed by atoms with Crippen molar-refractivity contribution < 1.29 is 4.79 Å². The van der Waals surface area contributed by atoms with Crippen LogP contribution in [-0.4, -0.2) is 38.4 Å². The summed E-state index contributed by atoms with van der Waals surface area (Å²) in [6, 6.07) is 16.4. The van der Waals surface area contributed by atoms with E-state index < -0.39 is 0 Å². The fraction of sp³-hybridized carbons (Fsp3) is 0.227. The fourth-order valence-corrected chi connectivity index (χ4v) is 3.82. The Balaban J connectivity index is 1.25. The Morgan fingerprint density at radius 3 is 2.79 bits per heavy atom. The van der Waals surface area contributed by atoms with Crippen molar-refractivity contribution in [3.8, 4) is 11.4 Å². The number of hydrogen-bond donors (Lipinski definition) is 3. The van der Waals surface area contributed by atoms with Crippen molar-refractivity contribution in [1.29, 1.82) is 0 Å². The number of para-hydroxylation sites is 1. The molecule has 1 amide bonds. The van der Waals surface area contributed by atoms with Crippen LogP contribution < -0.4 is 5.32 Å². The summed E-state index contributed by atoms with van der Waals surface area (Å²) in [6.45, 7) is 2.73. The molecule has 0 radical (unpaired) electrons. The van der Waals surface area contributed by atoms with Gasteiger partial charge >= 0.3 is 0 Å². The molecule has 0 atom stereocenters. The highest BCUT2D eigenvalue weighted by Crippen LogP contribution is 2.20. The van der Waals surface area contributed by atoms with Crippen molar-refractivity contribution in [2.75, 3.05) is 12.3 Å². The van der Waals surface area contributed by atoms with Gasteiger partial charge in [-0.25, -0.2) is 4.98 Å². The van der Waals surface area contributed by atoms with Gasteiger partial charge in [0.1, 0.15) is 0 Å². The number of carbonyl (C=O) groups is 1. The van der Waals surface area contributed by atoms with E-state index in [4.69, 9.17) is 0 Å². The molecule has 4 rings (SSSR count). The quantitative estimate of drug-likeness (QED) is 0.387. The number of benzene rings is 2. The van der Waals surface area contributed by atoms with Gasteiger partial charge in [0.2, 0.25) is 11.1 Å². The number of rotatable bonds is 8. The van der Waals surface area contributed by atoms with Crippen LogP contribution in [0.5, 0.6) is 0 Å². The Morgan fingerprint density at radius 1 is 1.14 bits per heavy atom. The van der Waals surface area contributed by atoms with Crippen molar-refractivity contribution >= 4 is 28.6 Å². The minimum atomic E-state index is -0.0199. The van der Waals surface area contributed by atoms with E-state index >= 15 is 0 Å². The van der Waals surface area contributed by atoms with E-state index in [1.807, 2.05) is 30.5 Å². The Hall–Kier alpha value is -3.06. The van der Waals surface area contributed by atoms with Gasteiger partial charge in [0.15, 0.2) is 5.82 Å². The Labute approximate surface area is 173 Å². The molecule has 0 aliphatic carbocycles. The maximum absolute atomic E-state index is 12.2. The van der Waals surface area contributed by atoms with E-state index in [2.05, 4.69) is 56.7 Å². The van der Waals surface area contributed by atoms with Gasteiger partial charge in [0.05, 0.1) is 5.75 Å². The van der Waals surface area contributed by atoms with Crippen molar-refractivity contribution in [3.05, 3.63) is 65.9 Å². The molecule has 7 heteroatoms. The zero-order chi connectivity index (χ0) is 20.1. The first-order valence-corrected chi connectivity index (χ1v) is 10.7. The van der Waals surface area contributed by atoms with Crippen LogP contribution in [0.2, 0.25) is 0 Å². The number of thioether (sulfide) groups is 1. The third kappa shape index (κ3) is 4.68. The summed E-state index contributed by atoms with van der Waals surface area (Å²) in [5, 5.41) is 11.9. The summed E-state index contributed by atoms with van der Waals surface area (Å²) < 4.78 is 0. The Bertz CT molecular complexity index is 1100. The van der Waals surface area contributed by atoms with E-state index in [9.17, 15) is 4.79 Å². The predicted octanol–water partition coefficient (Wildman–Crippen LogP) is 3.97. The SMILES string of the molecule is CCc1ccc(-c2nc(SCC(=O)NCCc3c[nH]c4ccccc34)n[nH]2)cc1. The second-order valence-electron chi connectivity index (χ2n) is 6.77. The first kappa shape index (κ1) is 19.3. The average Bonchev–Trinajstić information content (AvgIpc) is 3.40. The average molecular weight is 406 g/mol. The Morgan fingerprint density at radius 2 is 1.97 bits per heavy atom. The summed E-state index contributed by atoms with van der Waals surface area (Å²) in [7, 11) is 0. The molecule has 4 aromatic rings. The van der Waals surface area contributed by atoms with Gasteiger partial charge in [0.25, 0.3) is 0 Å². The summed E-state index contributed by atoms with van der Waals surface area (Å²) in [5.74, 6) is 0.989. The van der Waals surface area contributed by atoms with E-state index in [1.165, 1.54) is 28.3 Å². The van der Waals surface area contributed by atoms with Crippen LogP contribution in [-0.2, 0) is 17.6 Å². The number of nitrogens with zero attached hydrogens (tertiary/aromatic N) is 2. The molecule has 0 spiro atoms. The van der Waals surface area contributed by atoms with Crippen LogP contribution in [0.1, 0.15) is 18.1 Å². The number of aromatic nitrogens is 4. The number of fused-ring (bicyclic) bond motifs is 1. The number of amides is 1. The molecule has 3 N–H and O–H groups in total. The number of carbonyl (C=O) groups excluding carboxylic acids is 1. The Kier molecular flexibility index (Phi) is 5.95. The zero-order valence-electron chi connectivity index (χ0n) is 16.2. The summed E-state index contributed by atoms with van der Waals surface area (Å²) in [4.78, 5) is 19.9. The van der Waals surface area contributed by atoms with Crippen LogP contribution in [0, 0.1) is 0 Å². The molecule has 2 heterocycles. The lowest BCUT2D eigenvalue weighted by Crippen LogP contribution is -2.27. The fourth-order valence-electron chi connectivity index (χ4n) is 3.19. The van der Waals surface area contributed by atoms with Gasteiger partial charge in [-0.05, 0) is 30.0 Å². The first-order chi connectivity index (χ1) is 14.2. The number of hydrogen-bond acceptors (Lipinski definition) is 4. The molecule has 0 bridgehead atoms. The van der Waals surface area contributed by atoms with Crippen molar-refractivity contribution in [1.82, 2.24) is 25.5 Å². The van der Waals surface area contributed by atoms with Gasteiger partial charge in [-0.15, -0.1) is 5.10 Å². The second-order valence-corrected chi connectivity index (χ2v) is 7.71. The summed E-state index contributed by atoms with van der Waals surface area (Å²) in [5.41, 5.74) is 4.60. The van der Waals surface area contributed by atoms with Crippen molar-refractivity contribution in [3.63, 3.8) is 0 Å². The number of nitrogens with one attached hydrogen (secondary N) is 3. The van der Waals surface area contributed by atoms with E-state index in [0.29, 0.717) is 17.5 Å². The van der Waals surface area contributed by atoms with Crippen LogP contribution in [0.25, 0.3) is 22.3 Å². The normalized spacial score (nSPS) is 11.1. The summed E-state index contributed by atoms with van der Waals surface area (Å²) >= 11 is 1.33. The number of aryl methyl sites for hydroxylation is 1. The molecule has 0 aliphatic heterocycles. The molecule has 2 aromatic carbocycles. The van der Waals surface area contributed by atoms with E-state index in [1.54, 1.807) is 0 Å². The molecule has 0 saturated carbocycles. The largest absolute Gasteiger partial charge is 0.361 e. The lowest BCUT2D eigenvalue weighted by molar-refractivity contribution is -0.118. The molecule has 6 nitrogen and oxygen atoms in total. The van der Waals surface area contributed by atoms with E-state index in [-0.39, 0.29) is 5.91 Å². The smallest absolute Gasteiger partial charge is 0.230 e. The van der Waals surface area contributed by atoms with Gasteiger partial charge in [-0.1, -0.05) is 61.2 Å². The highest BCUT2D eigenvalue weighted by atomic mass is 32.2. The van der Waals surface area contributed by atoms with Crippen LogP contribution >= 0.6 is 11.8 Å². The molecular formula is C22H23N5OS. The molecule has 2 aromatic heterocycles. The second kappa shape index (κ2) is 8.96.